The molecular formula is C14H14BrN5O2. The van der Waals surface area contributed by atoms with E-state index in [4.69, 9.17) is 4.74 Å². The zero-order valence-electron chi connectivity index (χ0n) is 11.9. The van der Waals surface area contributed by atoms with E-state index < -0.39 is 12.0 Å². The predicted octanol–water partition coefficient (Wildman–Crippen LogP) is 2.14. The first-order valence-electron chi connectivity index (χ1n) is 6.77. The Kier molecular flexibility index (Phi) is 3.93. The maximum Gasteiger partial charge on any atom is 0.317 e. The quantitative estimate of drug-likeness (QED) is 0.841. The van der Waals surface area contributed by atoms with Gasteiger partial charge in [0.25, 0.3) is 0 Å². The molecule has 22 heavy (non-hydrogen) atoms. The van der Waals surface area contributed by atoms with Crippen LogP contribution in [-0.2, 0) is 9.53 Å². The monoisotopic (exact) mass is 363 g/mol. The third-order valence-electron chi connectivity index (χ3n) is 3.45. The van der Waals surface area contributed by atoms with Gasteiger partial charge in [0.15, 0.2) is 0 Å². The molecule has 1 aromatic heterocycles. The van der Waals surface area contributed by atoms with Crippen molar-refractivity contribution in [3.05, 3.63) is 46.6 Å². The fraction of sp³-hybridized carbons (Fsp3) is 0.286. The van der Waals surface area contributed by atoms with Crippen LogP contribution in [0, 0.1) is 5.92 Å². The third kappa shape index (κ3) is 2.50. The van der Waals surface area contributed by atoms with Crippen LogP contribution in [0.1, 0.15) is 18.5 Å². The predicted molar refractivity (Wildman–Crippen MR) is 83.0 cm³/mol. The number of hydrogen-bond acceptors (Lipinski definition) is 6. The van der Waals surface area contributed by atoms with Crippen molar-refractivity contribution in [2.75, 3.05) is 11.9 Å². The molecule has 2 heterocycles. The van der Waals surface area contributed by atoms with E-state index in [2.05, 4.69) is 43.4 Å². The Morgan fingerprint density at radius 2 is 2.36 bits per heavy atom. The molecule has 7 nitrogen and oxygen atoms in total. The van der Waals surface area contributed by atoms with Gasteiger partial charge in [-0.1, -0.05) is 39.7 Å². The number of anilines is 1. The van der Waals surface area contributed by atoms with Crippen molar-refractivity contribution in [1.82, 2.24) is 20.2 Å². The summed E-state index contributed by atoms with van der Waals surface area (Å²) in [7, 11) is 0. The summed E-state index contributed by atoms with van der Waals surface area (Å²) in [6.45, 7) is 6.02. The van der Waals surface area contributed by atoms with Gasteiger partial charge in [-0.05, 0) is 35.0 Å². The fourth-order valence-corrected chi connectivity index (χ4v) is 2.96. The molecule has 1 N–H and O–H groups in total. The second-order valence-electron chi connectivity index (χ2n) is 4.83. The molecule has 1 aromatic carbocycles. The van der Waals surface area contributed by atoms with E-state index in [0.29, 0.717) is 18.3 Å². The number of esters is 1. The number of tetrazole rings is 1. The molecule has 0 fully saturated rings. The number of rotatable bonds is 3. The summed E-state index contributed by atoms with van der Waals surface area (Å²) in [6.07, 6.45) is 0. The van der Waals surface area contributed by atoms with Crippen LogP contribution >= 0.6 is 15.9 Å². The smallest absolute Gasteiger partial charge is 0.317 e. The lowest BCUT2D eigenvalue weighted by Gasteiger charge is -2.32. The first kappa shape index (κ1) is 14.7. The van der Waals surface area contributed by atoms with E-state index >= 15 is 0 Å². The lowest BCUT2D eigenvalue weighted by Crippen LogP contribution is -2.37. The van der Waals surface area contributed by atoms with Gasteiger partial charge < -0.3 is 10.1 Å². The summed E-state index contributed by atoms with van der Waals surface area (Å²) < 4.78 is 7.68. The van der Waals surface area contributed by atoms with Gasteiger partial charge >= 0.3 is 5.97 Å². The maximum absolute atomic E-state index is 12.4. The van der Waals surface area contributed by atoms with Gasteiger partial charge in [-0.15, -0.1) is 0 Å². The van der Waals surface area contributed by atoms with Gasteiger partial charge in [-0.25, -0.2) is 4.68 Å². The summed E-state index contributed by atoms with van der Waals surface area (Å²) >= 11 is 3.45. The van der Waals surface area contributed by atoms with Crippen LogP contribution in [0.4, 0.5) is 5.95 Å². The summed E-state index contributed by atoms with van der Waals surface area (Å²) in [5.41, 5.74) is 1.41. The van der Waals surface area contributed by atoms with Gasteiger partial charge in [-0.2, -0.15) is 0 Å². The number of nitrogens with one attached hydrogen (secondary N) is 1. The average molecular weight is 364 g/mol. The van der Waals surface area contributed by atoms with Crippen LogP contribution in [-0.4, -0.2) is 32.8 Å². The maximum atomic E-state index is 12.4. The molecule has 2 aromatic rings. The van der Waals surface area contributed by atoms with Crippen LogP contribution in [0.15, 0.2) is 41.0 Å². The molecule has 0 saturated heterocycles. The minimum atomic E-state index is -0.606. The van der Waals surface area contributed by atoms with Gasteiger partial charge in [0.1, 0.15) is 12.0 Å². The van der Waals surface area contributed by atoms with Crippen LogP contribution in [0.5, 0.6) is 0 Å². The highest BCUT2D eigenvalue weighted by molar-refractivity contribution is 9.10. The Morgan fingerprint density at radius 1 is 1.55 bits per heavy atom. The molecule has 1 aliphatic rings. The van der Waals surface area contributed by atoms with Crippen LogP contribution in [0.25, 0.3) is 0 Å². The highest BCUT2D eigenvalue weighted by atomic mass is 79.9. The molecule has 0 saturated carbocycles. The summed E-state index contributed by atoms with van der Waals surface area (Å²) in [5.74, 6) is -0.508. The first-order valence-corrected chi connectivity index (χ1v) is 7.57. The number of halogens is 1. The summed E-state index contributed by atoms with van der Waals surface area (Å²) in [6, 6.07) is 7.26. The van der Waals surface area contributed by atoms with Crippen LogP contribution in [0.2, 0.25) is 0 Å². The lowest BCUT2D eigenvalue weighted by molar-refractivity contribution is -0.147. The Bertz CT molecular complexity index is 730. The minimum Gasteiger partial charge on any atom is -0.465 e. The van der Waals surface area contributed by atoms with Crippen molar-refractivity contribution in [1.29, 1.82) is 0 Å². The van der Waals surface area contributed by atoms with Gasteiger partial charge in [0.05, 0.1) is 6.61 Å². The van der Waals surface area contributed by atoms with Crippen molar-refractivity contribution >= 4 is 27.8 Å². The number of nitrogens with zero attached hydrogens (tertiary/aromatic N) is 4. The topological polar surface area (TPSA) is 81.9 Å². The standard InChI is InChI=1S/C14H14BrN5O2/c1-3-22-13(21)11-8(2)16-14-17-18-19-20(14)12(11)9-5-4-6-10(15)7-9/h4-7,11-12H,2-3H2,1H3,(H,16,17,19). The molecule has 0 aliphatic carbocycles. The molecule has 8 heteroatoms. The van der Waals surface area contributed by atoms with Gasteiger partial charge in [-0.3, -0.25) is 4.79 Å². The molecule has 0 spiro atoms. The fourth-order valence-electron chi connectivity index (χ4n) is 2.54. The van der Waals surface area contributed by atoms with Crippen LogP contribution in [0.3, 0.4) is 0 Å². The minimum absolute atomic E-state index is 0.302. The zero-order valence-corrected chi connectivity index (χ0v) is 13.4. The largest absolute Gasteiger partial charge is 0.465 e. The lowest BCUT2D eigenvalue weighted by atomic mass is 9.89. The number of fused-ring (bicyclic) bond motifs is 1. The Labute approximate surface area is 135 Å². The Balaban J connectivity index is 2.11. The normalized spacial score (nSPS) is 20.2. The van der Waals surface area contributed by atoms with Gasteiger partial charge in [0.2, 0.25) is 5.95 Å². The van der Waals surface area contributed by atoms with Crippen molar-refractivity contribution in [2.45, 2.75) is 13.0 Å². The van der Waals surface area contributed by atoms with E-state index in [1.165, 1.54) is 0 Å². The van der Waals surface area contributed by atoms with E-state index in [1.807, 2.05) is 24.3 Å². The van der Waals surface area contributed by atoms with Crippen molar-refractivity contribution in [3.8, 4) is 0 Å². The second kappa shape index (κ2) is 5.88. The number of benzene rings is 1. The molecule has 0 bridgehead atoms. The van der Waals surface area contributed by atoms with E-state index in [-0.39, 0.29) is 5.97 Å². The third-order valence-corrected chi connectivity index (χ3v) is 3.94. The van der Waals surface area contributed by atoms with E-state index in [9.17, 15) is 4.79 Å². The summed E-state index contributed by atoms with van der Waals surface area (Å²) in [5, 5.41) is 14.5. The molecule has 0 radical (unpaired) electrons. The number of carbonyl (C=O) groups is 1. The first-order chi connectivity index (χ1) is 10.6. The van der Waals surface area contributed by atoms with E-state index in [1.54, 1.807) is 11.6 Å². The van der Waals surface area contributed by atoms with Crippen molar-refractivity contribution < 1.29 is 9.53 Å². The van der Waals surface area contributed by atoms with Gasteiger partial charge in [0, 0.05) is 10.2 Å². The molecule has 0 amide bonds. The number of ether oxygens (including phenoxy) is 1. The molecule has 2 atom stereocenters. The number of carbonyl (C=O) groups excluding carboxylic acids is 1. The highest BCUT2D eigenvalue weighted by Gasteiger charge is 2.40. The molecule has 1 aliphatic heterocycles. The van der Waals surface area contributed by atoms with Crippen LogP contribution < -0.4 is 5.32 Å². The molecule has 3 rings (SSSR count). The highest BCUT2D eigenvalue weighted by Crippen LogP contribution is 2.38. The molecular weight excluding hydrogens is 350 g/mol. The van der Waals surface area contributed by atoms with E-state index in [0.717, 1.165) is 10.0 Å². The summed E-state index contributed by atoms with van der Waals surface area (Å²) in [4.78, 5) is 12.4. The Hall–Kier alpha value is -2.22. The van der Waals surface area contributed by atoms with Crippen molar-refractivity contribution in [2.24, 2.45) is 5.92 Å². The SMILES string of the molecule is C=C1Nc2nnnn2C(c2cccc(Br)c2)C1C(=O)OCC. The second-order valence-corrected chi connectivity index (χ2v) is 5.74. The molecule has 2 unspecified atom stereocenters. The molecule has 114 valence electrons. The number of aromatic nitrogens is 4. The number of hydrogen-bond donors (Lipinski definition) is 1. The average Bonchev–Trinajstić information content (AvgIpc) is 2.93. The van der Waals surface area contributed by atoms with Crippen molar-refractivity contribution in [3.63, 3.8) is 0 Å². The Morgan fingerprint density at radius 3 is 3.09 bits per heavy atom. The zero-order chi connectivity index (χ0) is 15.7.